The maximum Gasteiger partial charge on any atom is 0.471 e. The SMILES string of the molecule is Cc1c(N2CN(c3ccc(=O)n(COP(=O)(O)O)c3C)C(=O)c3cc(F)c(Cl)cc32)ccc(F)c1F. The van der Waals surface area contributed by atoms with Crippen LogP contribution in [0.3, 0.4) is 0 Å². The number of anilines is 3. The summed E-state index contributed by atoms with van der Waals surface area (Å²) in [6.45, 7) is 1.66. The maximum atomic E-state index is 14.4. The number of amides is 1. The van der Waals surface area contributed by atoms with Crippen LogP contribution in [0.2, 0.25) is 5.02 Å². The van der Waals surface area contributed by atoms with Crippen molar-refractivity contribution in [1.82, 2.24) is 4.57 Å². The van der Waals surface area contributed by atoms with E-state index in [1.54, 1.807) is 0 Å². The summed E-state index contributed by atoms with van der Waals surface area (Å²) in [4.78, 5) is 46.4. The summed E-state index contributed by atoms with van der Waals surface area (Å²) in [7, 11) is -4.92. The molecule has 2 N–H and O–H groups in total. The third-order valence-electron chi connectivity index (χ3n) is 5.76. The van der Waals surface area contributed by atoms with Crippen molar-refractivity contribution in [2.75, 3.05) is 16.5 Å². The number of carbonyl (C=O) groups excluding carboxylic acids is 1. The lowest BCUT2D eigenvalue weighted by molar-refractivity contribution is 0.0981. The average molecular weight is 544 g/mol. The molecule has 2 heterocycles. The lowest BCUT2D eigenvalue weighted by atomic mass is 10.0. The number of halogens is 4. The molecule has 0 bridgehead atoms. The Labute approximate surface area is 207 Å². The largest absolute Gasteiger partial charge is 0.471 e. The molecule has 0 saturated heterocycles. The van der Waals surface area contributed by atoms with Gasteiger partial charge in [0.15, 0.2) is 11.6 Å². The molecule has 14 heteroatoms. The van der Waals surface area contributed by atoms with Gasteiger partial charge in [-0.1, -0.05) is 11.6 Å². The molecule has 0 unspecified atom stereocenters. The minimum atomic E-state index is -4.92. The molecule has 1 aliphatic rings. The van der Waals surface area contributed by atoms with E-state index in [4.69, 9.17) is 21.4 Å². The highest BCUT2D eigenvalue weighted by Gasteiger charge is 2.34. The summed E-state index contributed by atoms with van der Waals surface area (Å²) in [6, 6.07) is 6.68. The van der Waals surface area contributed by atoms with Crippen molar-refractivity contribution in [3.63, 3.8) is 0 Å². The van der Waals surface area contributed by atoms with Gasteiger partial charge in [0.2, 0.25) is 0 Å². The molecule has 4 rings (SSSR count). The molecular weight excluding hydrogens is 526 g/mol. The monoisotopic (exact) mass is 543 g/mol. The number of nitrogens with zero attached hydrogens (tertiary/aromatic N) is 3. The van der Waals surface area contributed by atoms with Crippen LogP contribution in [0.25, 0.3) is 0 Å². The molecule has 0 radical (unpaired) electrons. The smallest absolute Gasteiger partial charge is 0.322 e. The van der Waals surface area contributed by atoms with E-state index in [1.165, 1.54) is 36.9 Å². The number of pyridine rings is 1. The van der Waals surface area contributed by atoms with Gasteiger partial charge < -0.3 is 14.7 Å². The zero-order valence-electron chi connectivity index (χ0n) is 18.7. The number of carbonyl (C=O) groups is 1. The first kappa shape index (κ1) is 25.9. The van der Waals surface area contributed by atoms with Crippen molar-refractivity contribution in [2.24, 2.45) is 0 Å². The fraction of sp³-hybridized carbons (Fsp3) is 0.182. The summed E-state index contributed by atoms with van der Waals surface area (Å²) >= 11 is 5.95. The zero-order chi connectivity index (χ0) is 26.5. The second-order valence-electron chi connectivity index (χ2n) is 7.91. The van der Waals surface area contributed by atoms with Gasteiger partial charge in [0.05, 0.1) is 22.0 Å². The van der Waals surface area contributed by atoms with Crippen LogP contribution in [0, 0.1) is 31.3 Å². The second kappa shape index (κ2) is 9.38. The highest BCUT2D eigenvalue weighted by atomic mass is 35.5. The minimum Gasteiger partial charge on any atom is -0.322 e. The number of hydrogen-bond donors (Lipinski definition) is 2. The fourth-order valence-electron chi connectivity index (χ4n) is 3.93. The van der Waals surface area contributed by atoms with Gasteiger partial charge in [0, 0.05) is 23.0 Å². The number of aromatic nitrogens is 1. The summed E-state index contributed by atoms with van der Waals surface area (Å²) in [5, 5.41) is -0.292. The van der Waals surface area contributed by atoms with Gasteiger partial charge in [0.1, 0.15) is 19.2 Å². The predicted octanol–water partition coefficient (Wildman–Crippen LogP) is 4.36. The van der Waals surface area contributed by atoms with Gasteiger partial charge in [-0.2, -0.15) is 0 Å². The summed E-state index contributed by atoms with van der Waals surface area (Å²) in [5.74, 6) is -3.76. The van der Waals surface area contributed by atoms with Crippen LogP contribution < -0.4 is 15.4 Å². The van der Waals surface area contributed by atoms with Crippen LogP contribution in [-0.4, -0.2) is 26.9 Å². The third-order valence-corrected chi connectivity index (χ3v) is 6.50. The molecule has 0 aliphatic carbocycles. The third kappa shape index (κ3) is 4.65. The highest BCUT2D eigenvalue weighted by Crippen LogP contribution is 2.41. The standard InChI is InChI=1S/C22H18ClF3N3O6P/c1-11-17(4-3-15(24)21(11)26)27-9-28(22(31)13-7-16(25)14(23)8-19(13)27)18-5-6-20(30)29(12(18)2)10-35-36(32,33)34/h3-8H,9-10H2,1-2H3,(H2,32,33,34). The van der Waals surface area contributed by atoms with Crippen molar-refractivity contribution >= 4 is 42.4 Å². The molecule has 36 heavy (non-hydrogen) atoms. The van der Waals surface area contributed by atoms with Gasteiger partial charge in [0.25, 0.3) is 11.5 Å². The summed E-state index contributed by atoms with van der Waals surface area (Å²) in [5.41, 5.74) is -0.341. The van der Waals surface area contributed by atoms with Gasteiger partial charge in [-0.05, 0) is 44.2 Å². The number of fused-ring (bicyclic) bond motifs is 1. The van der Waals surface area contributed by atoms with E-state index < -0.39 is 43.5 Å². The van der Waals surface area contributed by atoms with Crippen molar-refractivity contribution in [2.45, 2.75) is 20.6 Å². The Morgan fingerprint density at radius 3 is 2.31 bits per heavy atom. The quantitative estimate of drug-likeness (QED) is 0.460. The van der Waals surface area contributed by atoms with Crippen LogP contribution in [0.1, 0.15) is 21.6 Å². The second-order valence-corrected chi connectivity index (χ2v) is 9.56. The average Bonchev–Trinajstić information content (AvgIpc) is 2.79. The van der Waals surface area contributed by atoms with E-state index in [2.05, 4.69) is 4.52 Å². The normalized spacial score (nSPS) is 13.8. The Morgan fingerprint density at radius 1 is 0.972 bits per heavy atom. The molecular formula is C22H18ClF3N3O6P. The van der Waals surface area contributed by atoms with Gasteiger partial charge in [-0.15, -0.1) is 0 Å². The molecule has 1 aromatic heterocycles. The van der Waals surface area contributed by atoms with Crippen LogP contribution in [0.4, 0.5) is 30.2 Å². The van der Waals surface area contributed by atoms with Gasteiger partial charge in [-0.25, -0.2) is 17.7 Å². The number of phosphoric acid groups is 1. The number of rotatable bonds is 5. The predicted molar refractivity (Wildman–Crippen MR) is 125 cm³/mol. The van der Waals surface area contributed by atoms with Crippen molar-refractivity contribution in [3.05, 3.63) is 86.0 Å². The first-order valence-electron chi connectivity index (χ1n) is 10.2. The van der Waals surface area contributed by atoms with E-state index in [9.17, 15) is 27.3 Å². The van der Waals surface area contributed by atoms with Crippen LogP contribution in [0.15, 0.2) is 41.2 Å². The number of benzene rings is 2. The molecule has 0 spiro atoms. The summed E-state index contributed by atoms with van der Waals surface area (Å²) in [6.07, 6.45) is 0. The highest BCUT2D eigenvalue weighted by molar-refractivity contribution is 7.46. The van der Waals surface area contributed by atoms with E-state index in [-0.39, 0.29) is 45.6 Å². The van der Waals surface area contributed by atoms with E-state index >= 15 is 0 Å². The van der Waals surface area contributed by atoms with E-state index in [0.717, 1.165) is 27.7 Å². The van der Waals surface area contributed by atoms with E-state index in [1.807, 2.05) is 0 Å². The molecule has 1 amide bonds. The number of hydrogen-bond acceptors (Lipinski definition) is 5. The van der Waals surface area contributed by atoms with Gasteiger partial charge >= 0.3 is 7.82 Å². The van der Waals surface area contributed by atoms with E-state index in [0.29, 0.717) is 0 Å². The Balaban J connectivity index is 1.89. The Kier molecular flexibility index (Phi) is 6.76. The molecule has 3 aromatic rings. The Hall–Kier alpha value is -3.15. The van der Waals surface area contributed by atoms with Crippen molar-refractivity contribution in [3.8, 4) is 0 Å². The van der Waals surface area contributed by atoms with Crippen LogP contribution in [0.5, 0.6) is 0 Å². The molecule has 0 saturated carbocycles. The van der Waals surface area contributed by atoms with Crippen LogP contribution >= 0.6 is 19.4 Å². The summed E-state index contributed by atoms with van der Waals surface area (Å²) < 4.78 is 59.1. The minimum absolute atomic E-state index is 0.0765. The Bertz CT molecular complexity index is 1510. The fourth-order valence-corrected chi connectivity index (χ4v) is 4.35. The molecule has 190 valence electrons. The van der Waals surface area contributed by atoms with Crippen molar-refractivity contribution < 1.29 is 36.8 Å². The number of phosphoric ester groups is 1. The first-order chi connectivity index (χ1) is 16.8. The molecule has 2 aromatic carbocycles. The zero-order valence-corrected chi connectivity index (χ0v) is 20.4. The van der Waals surface area contributed by atoms with Gasteiger partial charge in [-0.3, -0.25) is 23.6 Å². The molecule has 1 aliphatic heterocycles. The van der Waals surface area contributed by atoms with Crippen molar-refractivity contribution in [1.29, 1.82) is 0 Å². The maximum absolute atomic E-state index is 14.4. The Morgan fingerprint density at radius 2 is 1.64 bits per heavy atom. The molecule has 0 atom stereocenters. The molecule has 0 fully saturated rings. The first-order valence-corrected chi connectivity index (χ1v) is 12.1. The molecule has 9 nitrogen and oxygen atoms in total. The van der Waals surface area contributed by atoms with Crippen LogP contribution in [-0.2, 0) is 15.8 Å². The topological polar surface area (TPSA) is 112 Å². The lowest BCUT2D eigenvalue weighted by Crippen LogP contribution is -2.46. The lowest BCUT2D eigenvalue weighted by Gasteiger charge is -2.39.